The highest BCUT2D eigenvalue weighted by Gasteiger charge is 2.19. The summed E-state index contributed by atoms with van der Waals surface area (Å²) in [5, 5.41) is 0.444. The molecule has 0 aliphatic heterocycles. The molecule has 3 rings (SSSR count). The van der Waals surface area contributed by atoms with Gasteiger partial charge in [-0.2, -0.15) is 8.42 Å². The molecule has 0 radical (unpaired) electrons. The van der Waals surface area contributed by atoms with Crippen molar-refractivity contribution in [1.82, 2.24) is 14.6 Å². The third-order valence-electron chi connectivity index (χ3n) is 4.41. The van der Waals surface area contributed by atoms with Crippen LogP contribution in [0.3, 0.4) is 0 Å². The first-order valence-electron chi connectivity index (χ1n) is 9.36. The third-order valence-corrected chi connectivity index (χ3v) is 5.33. The zero-order chi connectivity index (χ0) is 23.5. The first-order chi connectivity index (χ1) is 15.1. The van der Waals surface area contributed by atoms with E-state index in [-0.39, 0.29) is 18.0 Å². The van der Waals surface area contributed by atoms with Crippen molar-refractivity contribution in [3.63, 3.8) is 0 Å². The van der Waals surface area contributed by atoms with E-state index in [4.69, 9.17) is 9.47 Å². The lowest BCUT2D eigenvalue weighted by Crippen LogP contribution is -2.36. The van der Waals surface area contributed by atoms with Gasteiger partial charge in [0.1, 0.15) is 12.4 Å². The minimum absolute atomic E-state index is 0.00866. The number of benzene rings is 2. The van der Waals surface area contributed by atoms with E-state index in [0.29, 0.717) is 28.7 Å². The zero-order valence-electron chi connectivity index (χ0n) is 17.5. The SMILES string of the molecule is COc1ccc(-c2cc3cc(F)c(F)cc3[nH]2)cc1NS(=O)(=O)NC(=O)OCCN(C)C. The number of ether oxygens (including phenoxy) is 2. The number of methoxy groups -OCH3 is 1. The van der Waals surface area contributed by atoms with Crippen molar-refractivity contribution >= 4 is 32.9 Å². The highest BCUT2D eigenvalue weighted by Crippen LogP contribution is 2.32. The number of carbonyl (C=O) groups excluding carboxylic acids is 1. The second kappa shape index (κ2) is 9.40. The van der Waals surface area contributed by atoms with Crippen molar-refractivity contribution < 1.29 is 31.5 Å². The summed E-state index contributed by atoms with van der Waals surface area (Å²) in [4.78, 5) is 16.5. The van der Waals surface area contributed by atoms with E-state index in [1.54, 1.807) is 35.9 Å². The summed E-state index contributed by atoms with van der Waals surface area (Å²) in [6.07, 6.45) is -1.13. The van der Waals surface area contributed by atoms with Crippen LogP contribution in [0.2, 0.25) is 0 Å². The van der Waals surface area contributed by atoms with Gasteiger partial charge < -0.3 is 19.4 Å². The van der Waals surface area contributed by atoms with Crippen LogP contribution in [0.4, 0.5) is 19.3 Å². The first kappa shape index (κ1) is 23.3. The Morgan fingerprint density at radius 2 is 1.84 bits per heavy atom. The molecular formula is C20H22F2N4O5S. The quantitative estimate of drug-likeness (QED) is 0.468. The third kappa shape index (κ3) is 5.65. The predicted octanol–water partition coefficient (Wildman–Crippen LogP) is 3.07. The maximum absolute atomic E-state index is 13.5. The van der Waals surface area contributed by atoms with Gasteiger partial charge in [-0.05, 0) is 44.4 Å². The number of fused-ring (bicyclic) bond motifs is 1. The van der Waals surface area contributed by atoms with Gasteiger partial charge in [-0.1, -0.05) is 0 Å². The highest BCUT2D eigenvalue weighted by molar-refractivity contribution is 7.91. The van der Waals surface area contributed by atoms with Gasteiger partial charge in [-0.25, -0.2) is 18.3 Å². The fraction of sp³-hybridized carbons (Fsp3) is 0.250. The summed E-state index contributed by atoms with van der Waals surface area (Å²) in [6.45, 7) is 0.434. The van der Waals surface area contributed by atoms with E-state index < -0.39 is 27.9 Å². The average Bonchev–Trinajstić information content (AvgIpc) is 3.09. The number of hydrogen-bond donors (Lipinski definition) is 3. The Bertz CT molecular complexity index is 1210. The summed E-state index contributed by atoms with van der Waals surface area (Å²) in [6, 6.07) is 8.29. The van der Waals surface area contributed by atoms with E-state index in [9.17, 15) is 22.0 Å². The molecule has 1 aromatic heterocycles. The summed E-state index contributed by atoms with van der Waals surface area (Å²) >= 11 is 0. The molecule has 0 saturated heterocycles. The lowest BCUT2D eigenvalue weighted by molar-refractivity contribution is 0.142. The molecule has 32 heavy (non-hydrogen) atoms. The predicted molar refractivity (Wildman–Crippen MR) is 116 cm³/mol. The molecule has 0 bridgehead atoms. The fourth-order valence-corrected chi connectivity index (χ4v) is 3.65. The van der Waals surface area contributed by atoms with Crippen LogP contribution in [0.1, 0.15) is 0 Å². The van der Waals surface area contributed by atoms with Crippen LogP contribution < -0.4 is 14.2 Å². The summed E-state index contributed by atoms with van der Waals surface area (Å²) in [7, 11) is 0.575. The van der Waals surface area contributed by atoms with Crippen molar-refractivity contribution in [3.05, 3.63) is 48.0 Å². The maximum Gasteiger partial charge on any atom is 0.422 e. The molecule has 0 aliphatic rings. The summed E-state index contributed by atoms with van der Waals surface area (Å²) < 4.78 is 65.7. The Morgan fingerprint density at radius 1 is 1.12 bits per heavy atom. The number of aromatic nitrogens is 1. The molecule has 0 fully saturated rings. The number of halogens is 2. The lowest BCUT2D eigenvalue weighted by Gasteiger charge is -2.14. The Hall–Kier alpha value is -3.38. The van der Waals surface area contributed by atoms with E-state index in [1.165, 1.54) is 19.2 Å². The molecule has 1 heterocycles. The molecule has 1 amide bonds. The van der Waals surface area contributed by atoms with Crippen molar-refractivity contribution in [2.75, 3.05) is 39.1 Å². The van der Waals surface area contributed by atoms with Crippen molar-refractivity contribution in [3.8, 4) is 17.0 Å². The standard InChI is InChI=1S/C20H22F2N4O5S/c1-26(2)6-7-31-20(27)25-32(28,29)24-18-9-12(4-5-19(18)30-3)16-10-13-8-14(21)15(22)11-17(13)23-16/h4-5,8-11,23-24H,6-7H2,1-3H3,(H,25,27). The number of likely N-dealkylation sites (N-methyl/N-ethyl adjacent to an activating group) is 1. The van der Waals surface area contributed by atoms with E-state index >= 15 is 0 Å². The Morgan fingerprint density at radius 3 is 2.53 bits per heavy atom. The van der Waals surface area contributed by atoms with Gasteiger partial charge >= 0.3 is 16.3 Å². The van der Waals surface area contributed by atoms with Crippen LogP contribution in [0, 0.1) is 11.6 Å². The molecule has 3 aromatic rings. The Kier molecular flexibility index (Phi) is 6.84. The van der Waals surface area contributed by atoms with Gasteiger partial charge in [0.2, 0.25) is 0 Å². The largest absolute Gasteiger partial charge is 0.495 e. The molecule has 172 valence electrons. The molecule has 0 unspecified atom stereocenters. The van der Waals surface area contributed by atoms with Gasteiger partial charge in [-0.15, -0.1) is 0 Å². The molecule has 0 spiro atoms. The van der Waals surface area contributed by atoms with Crippen molar-refractivity contribution in [2.24, 2.45) is 0 Å². The van der Waals surface area contributed by atoms with E-state index in [1.807, 2.05) is 0 Å². The van der Waals surface area contributed by atoms with Crippen LogP contribution >= 0.6 is 0 Å². The van der Waals surface area contributed by atoms with Gasteiger partial charge in [0.05, 0.1) is 12.8 Å². The summed E-state index contributed by atoms with van der Waals surface area (Å²) in [5.41, 5.74) is 1.41. The number of nitrogens with zero attached hydrogens (tertiary/aromatic N) is 1. The molecule has 0 aliphatic carbocycles. The zero-order valence-corrected chi connectivity index (χ0v) is 18.3. The minimum atomic E-state index is -4.33. The van der Waals surface area contributed by atoms with Gasteiger partial charge in [0.25, 0.3) is 0 Å². The number of nitrogens with one attached hydrogen (secondary N) is 3. The minimum Gasteiger partial charge on any atom is -0.495 e. The van der Waals surface area contributed by atoms with Crippen LogP contribution in [-0.2, 0) is 14.9 Å². The highest BCUT2D eigenvalue weighted by atomic mass is 32.2. The van der Waals surface area contributed by atoms with Crippen LogP contribution in [0.5, 0.6) is 5.75 Å². The Balaban J connectivity index is 1.83. The molecule has 12 heteroatoms. The number of amides is 1. The van der Waals surface area contributed by atoms with Gasteiger partial charge in [-0.3, -0.25) is 4.72 Å². The number of aromatic amines is 1. The monoisotopic (exact) mass is 468 g/mol. The maximum atomic E-state index is 13.5. The number of anilines is 1. The summed E-state index contributed by atoms with van der Waals surface area (Å²) in [5.74, 6) is -1.78. The fourth-order valence-electron chi connectivity index (χ4n) is 2.87. The lowest BCUT2D eigenvalue weighted by atomic mass is 10.1. The smallest absolute Gasteiger partial charge is 0.422 e. The second-order valence-corrected chi connectivity index (χ2v) is 8.51. The molecule has 9 nitrogen and oxygen atoms in total. The van der Waals surface area contributed by atoms with Gasteiger partial charge in [0, 0.05) is 34.8 Å². The number of hydrogen-bond acceptors (Lipinski definition) is 6. The number of carbonyl (C=O) groups is 1. The molecule has 3 N–H and O–H groups in total. The van der Waals surface area contributed by atoms with Crippen LogP contribution in [-0.4, -0.2) is 58.8 Å². The molecule has 2 aromatic carbocycles. The van der Waals surface area contributed by atoms with Crippen molar-refractivity contribution in [1.29, 1.82) is 0 Å². The topological polar surface area (TPSA) is 113 Å². The first-order valence-corrected chi connectivity index (χ1v) is 10.8. The van der Waals surface area contributed by atoms with Crippen molar-refractivity contribution in [2.45, 2.75) is 0 Å². The molecule has 0 atom stereocenters. The number of rotatable bonds is 8. The second-order valence-electron chi connectivity index (χ2n) is 7.10. The molecule has 0 saturated carbocycles. The Labute approximate surface area is 183 Å². The van der Waals surface area contributed by atoms with E-state index in [0.717, 1.165) is 12.1 Å². The van der Waals surface area contributed by atoms with Gasteiger partial charge in [0.15, 0.2) is 11.6 Å². The van der Waals surface area contributed by atoms with Crippen LogP contribution in [0.25, 0.3) is 22.2 Å². The number of H-pyrrole nitrogens is 1. The van der Waals surface area contributed by atoms with E-state index in [2.05, 4.69) is 9.71 Å². The average molecular weight is 468 g/mol. The molecular weight excluding hydrogens is 446 g/mol. The normalized spacial score (nSPS) is 11.6. The van der Waals surface area contributed by atoms with Crippen LogP contribution in [0.15, 0.2) is 36.4 Å².